The highest BCUT2D eigenvalue weighted by molar-refractivity contribution is 6.33. The van der Waals surface area contributed by atoms with Gasteiger partial charge in [0.15, 0.2) is 0 Å². The molecule has 0 fully saturated rings. The van der Waals surface area contributed by atoms with Crippen LogP contribution in [0.1, 0.15) is 21.5 Å². The van der Waals surface area contributed by atoms with Crippen molar-refractivity contribution in [3.8, 4) is 11.3 Å². The Morgan fingerprint density at radius 2 is 2.11 bits per heavy atom. The van der Waals surface area contributed by atoms with E-state index < -0.39 is 6.04 Å². The number of aryl methyl sites for hydroxylation is 1. The van der Waals surface area contributed by atoms with E-state index in [1.165, 1.54) is 12.1 Å². The molecule has 28 heavy (non-hydrogen) atoms. The molecule has 3 aromatic rings. The first-order valence-electron chi connectivity index (χ1n) is 8.95. The van der Waals surface area contributed by atoms with E-state index in [1.54, 1.807) is 34.0 Å². The maximum absolute atomic E-state index is 13.5. The van der Waals surface area contributed by atoms with E-state index in [0.717, 1.165) is 22.4 Å². The van der Waals surface area contributed by atoms with Crippen LogP contribution >= 0.6 is 11.6 Å². The Kier molecular flexibility index (Phi) is 4.91. The summed E-state index contributed by atoms with van der Waals surface area (Å²) in [6, 6.07) is 11.4. The van der Waals surface area contributed by atoms with Crippen LogP contribution in [-0.4, -0.2) is 38.3 Å². The van der Waals surface area contributed by atoms with Crippen molar-refractivity contribution in [3.63, 3.8) is 0 Å². The van der Waals surface area contributed by atoms with E-state index in [2.05, 4.69) is 5.10 Å². The van der Waals surface area contributed by atoms with Gasteiger partial charge >= 0.3 is 0 Å². The van der Waals surface area contributed by atoms with Crippen LogP contribution in [0.25, 0.3) is 11.3 Å². The zero-order valence-electron chi connectivity index (χ0n) is 15.3. The molecule has 0 bridgehead atoms. The molecule has 2 aromatic carbocycles. The molecule has 1 aromatic heterocycles. The van der Waals surface area contributed by atoms with E-state index in [1.807, 2.05) is 19.2 Å². The zero-order valence-corrected chi connectivity index (χ0v) is 16.0. The third kappa shape index (κ3) is 3.30. The summed E-state index contributed by atoms with van der Waals surface area (Å²) in [4.78, 5) is 14.5. The standard InChI is InChI=1S/C21H19ClFN3O2/c1-25-20(19(22)10-24-25)14-5-6-18-15(9-14)11-26(21(18)28)17(12-27)8-13-3-2-4-16(23)7-13/h2-7,9-10,17,27H,8,11-12H2,1H3. The fourth-order valence-corrected chi connectivity index (χ4v) is 4.01. The Morgan fingerprint density at radius 3 is 2.79 bits per heavy atom. The monoisotopic (exact) mass is 399 g/mol. The van der Waals surface area contributed by atoms with Gasteiger partial charge in [0.2, 0.25) is 0 Å². The van der Waals surface area contributed by atoms with Gasteiger partial charge in [0.05, 0.1) is 29.6 Å². The molecule has 1 aliphatic heterocycles. The number of amides is 1. The van der Waals surface area contributed by atoms with Crippen molar-refractivity contribution in [1.82, 2.24) is 14.7 Å². The fraction of sp³-hybridized carbons (Fsp3) is 0.238. The Bertz CT molecular complexity index is 1030. The average molecular weight is 400 g/mol. The van der Waals surface area contributed by atoms with Crippen molar-refractivity contribution in [1.29, 1.82) is 0 Å². The minimum absolute atomic E-state index is 0.131. The average Bonchev–Trinajstić information content (AvgIpc) is 3.18. The Labute approximate surface area is 167 Å². The van der Waals surface area contributed by atoms with E-state index >= 15 is 0 Å². The number of carbonyl (C=O) groups is 1. The van der Waals surface area contributed by atoms with Gasteiger partial charge in [-0.25, -0.2) is 4.39 Å². The lowest BCUT2D eigenvalue weighted by Gasteiger charge is -2.26. The molecular weight excluding hydrogens is 381 g/mol. The van der Waals surface area contributed by atoms with E-state index in [9.17, 15) is 14.3 Å². The van der Waals surface area contributed by atoms with Gasteiger partial charge in [-0.2, -0.15) is 5.10 Å². The van der Waals surface area contributed by atoms with Crippen LogP contribution in [0.2, 0.25) is 5.02 Å². The third-order valence-electron chi connectivity index (χ3n) is 5.12. The number of aliphatic hydroxyl groups is 1. The Balaban J connectivity index is 1.61. The second-order valence-corrected chi connectivity index (χ2v) is 7.35. The molecule has 0 spiro atoms. The van der Waals surface area contributed by atoms with Gasteiger partial charge in [-0.05, 0) is 41.8 Å². The number of aromatic nitrogens is 2. The molecule has 144 valence electrons. The SMILES string of the molecule is Cn1ncc(Cl)c1-c1ccc2c(c1)CN(C(CO)Cc1cccc(F)c1)C2=O. The molecule has 1 amide bonds. The minimum atomic E-state index is -0.426. The van der Waals surface area contributed by atoms with Gasteiger partial charge in [0.25, 0.3) is 5.91 Å². The first kappa shape index (κ1) is 18.7. The Hall–Kier alpha value is -2.70. The van der Waals surface area contributed by atoms with Gasteiger partial charge in [0.1, 0.15) is 5.82 Å². The van der Waals surface area contributed by atoms with Crippen molar-refractivity contribution in [2.24, 2.45) is 7.05 Å². The van der Waals surface area contributed by atoms with Crippen LogP contribution in [0.4, 0.5) is 4.39 Å². The summed E-state index contributed by atoms with van der Waals surface area (Å²) in [5.41, 5.74) is 3.89. The molecule has 1 N–H and O–H groups in total. The molecule has 2 heterocycles. The van der Waals surface area contributed by atoms with Gasteiger partial charge in [-0.15, -0.1) is 0 Å². The molecule has 1 aliphatic rings. The van der Waals surface area contributed by atoms with Crippen molar-refractivity contribution < 1.29 is 14.3 Å². The minimum Gasteiger partial charge on any atom is -0.394 e. The smallest absolute Gasteiger partial charge is 0.254 e. The van der Waals surface area contributed by atoms with Crippen LogP contribution in [0.5, 0.6) is 0 Å². The number of benzene rings is 2. The van der Waals surface area contributed by atoms with Crippen molar-refractivity contribution in [3.05, 3.63) is 76.2 Å². The fourth-order valence-electron chi connectivity index (χ4n) is 3.73. The highest BCUT2D eigenvalue weighted by atomic mass is 35.5. The van der Waals surface area contributed by atoms with Crippen molar-refractivity contribution >= 4 is 17.5 Å². The first-order valence-corrected chi connectivity index (χ1v) is 9.33. The molecule has 7 heteroatoms. The highest BCUT2D eigenvalue weighted by Crippen LogP contribution is 2.33. The quantitative estimate of drug-likeness (QED) is 0.715. The maximum Gasteiger partial charge on any atom is 0.254 e. The summed E-state index contributed by atoms with van der Waals surface area (Å²) in [6.07, 6.45) is 1.97. The van der Waals surface area contributed by atoms with Gasteiger partial charge < -0.3 is 10.0 Å². The second-order valence-electron chi connectivity index (χ2n) is 6.94. The summed E-state index contributed by atoms with van der Waals surface area (Å²) in [5.74, 6) is -0.462. The largest absolute Gasteiger partial charge is 0.394 e. The molecule has 1 unspecified atom stereocenters. The number of rotatable bonds is 5. The molecule has 1 atom stereocenters. The number of hydrogen-bond acceptors (Lipinski definition) is 3. The number of fused-ring (bicyclic) bond motifs is 1. The summed E-state index contributed by atoms with van der Waals surface area (Å²) < 4.78 is 15.2. The normalized spacial score (nSPS) is 14.4. The van der Waals surface area contributed by atoms with Crippen molar-refractivity contribution in [2.75, 3.05) is 6.61 Å². The number of nitrogens with zero attached hydrogens (tertiary/aromatic N) is 3. The van der Waals surface area contributed by atoms with Gasteiger partial charge in [-0.3, -0.25) is 9.48 Å². The molecule has 5 nitrogen and oxygen atoms in total. The van der Waals surface area contributed by atoms with Crippen LogP contribution in [0.15, 0.2) is 48.7 Å². The lowest BCUT2D eigenvalue weighted by Crippen LogP contribution is -2.39. The lowest BCUT2D eigenvalue weighted by molar-refractivity contribution is 0.0618. The Morgan fingerprint density at radius 1 is 1.29 bits per heavy atom. The van der Waals surface area contributed by atoms with E-state index in [-0.39, 0.29) is 18.3 Å². The molecule has 4 rings (SSSR count). The van der Waals surface area contributed by atoms with Gasteiger partial charge in [-0.1, -0.05) is 29.8 Å². The number of carbonyl (C=O) groups excluding carboxylic acids is 1. The van der Waals surface area contributed by atoms with Gasteiger partial charge in [0, 0.05) is 24.7 Å². The predicted octanol–water partition coefficient (Wildman–Crippen LogP) is 3.44. The van der Waals surface area contributed by atoms with Crippen molar-refractivity contribution in [2.45, 2.75) is 19.0 Å². The van der Waals surface area contributed by atoms with Crippen LogP contribution < -0.4 is 0 Å². The highest BCUT2D eigenvalue weighted by Gasteiger charge is 2.33. The van der Waals surface area contributed by atoms with Crippen LogP contribution in [0, 0.1) is 5.82 Å². The lowest BCUT2D eigenvalue weighted by atomic mass is 10.0. The summed E-state index contributed by atoms with van der Waals surface area (Å²) in [5, 5.41) is 14.6. The van der Waals surface area contributed by atoms with E-state index in [0.29, 0.717) is 23.6 Å². The zero-order chi connectivity index (χ0) is 19.8. The number of hydrogen-bond donors (Lipinski definition) is 1. The summed E-state index contributed by atoms with van der Waals surface area (Å²) in [6.45, 7) is 0.189. The maximum atomic E-state index is 13.5. The predicted molar refractivity (Wildman–Crippen MR) is 105 cm³/mol. The number of halogens is 2. The van der Waals surface area contributed by atoms with Crippen LogP contribution in [0.3, 0.4) is 0 Å². The number of aliphatic hydroxyl groups excluding tert-OH is 1. The summed E-state index contributed by atoms with van der Waals surface area (Å²) >= 11 is 6.24. The molecule has 0 aliphatic carbocycles. The first-order chi connectivity index (χ1) is 13.5. The molecule has 0 radical (unpaired) electrons. The summed E-state index contributed by atoms with van der Waals surface area (Å²) in [7, 11) is 1.81. The topological polar surface area (TPSA) is 58.4 Å². The molecule has 0 saturated carbocycles. The molecule has 0 saturated heterocycles. The second kappa shape index (κ2) is 7.37. The molecular formula is C21H19ClFN3O2. The van der Waals surface area contributed by atoms with Crippen LogP contribution in [-0.2, 0) is 20.0 Å². The third-order valence-corrected chi connectivity index (χ3v) is 5.39. The van der Waals surface area contributed by atoms with E-state index in [4.69, 9.17) is 11.6 Å².